The first kappa shape index (κ1) is 20.1. The van der Waals surface area contributed by atoms with Crippen LogP contribution in [0.5, 0.6) is 0 Å². The minimum atomic E-state index is -0.0283. The summed E-state index contributed by atoms with van der Waals surface area (Å²) >= 11 is 0. The van der Waals surface area contributed by atoms with E-state index >= 15 is 0 Å². The monoisotopic (exact) mass is 397 g/mol. The van der Waals surface area contributed by atoms with Crippen LogP contribution >= 0.6 is 0 Å². The highest BCUT2D eigenvalue weighted by Gasteiger charge is 2.37. The van der Waals surface area contributed by atoms with Crippen molar-refractivity contribution < 1.29 is 0 Å². The zero-order chi connectivity index (χ0) is 21.3. The Morgan fingerprint density at radius 2 is 1.77 bits per heavy atom. The molecular weight excluding hydrogens is 366 g/mol. The van der Waals surface area contributed by atoms with Crippen LogP contribution in [0.1, 0.15) is 38.7 Å². The van der Waals surface area contributed by atoms with Crippen LogP contribution in [0.2, 0.25) is 0 Å². The normalized spacial score (nSPS) is 20.6. The minimum absolute atomic E-state index is 0.0283. The molecule has 1 aliphatic heterocycles. The second-order valence-electron chi connectivity index (χ2n) is 8.62. The van der Waals surface area contributed by atoms with Gasteiger partial charge in [-0.1, -0.05) is 62.9 Å². The Bertz CT molecular complexity index is 1070. The van der Waals surface area contributed by atoms with E-state index in [2.05, 4.69) is 74.1 Å². The van der Waals surface area contributed by atoms with Gasteiger partial charge >= 0.3 is 0 Å². The molecule has 3 N–H and O–H groups in total. The summed E-state index contributed by atoms with van der Waals surface area (Å²) in [6.45, 7) is 8.65. The quantitative estimate of drug-likeness (QED) is 0.575. The topological polar surface area (TPSA) is 41.3 Å². The van der Waals surface area contributed by atoms with Crippen molar-refractivity contribution in [2.24, 2.45) is 0 Å². The summed E-state index contributed by atoms with van der Waals surface area (Å²) in [5.41, 5.74) is 15.5. The fourth-order valence-electron chi connectivity index (χ4n) is 4.68. The van der Waals surface area contributed by atoms with Crippen LogP contribution in [-0.2, 0) is 5.41 Å². The predicted octanol–water partition coefficient (Wildman–Crippen LogP) is 6.54. The Kier molecular flexibility index (Phi) is 5.29. The van der Waals surface area contributed by atoms with Crippen LogP contribution in [0.15, 0.2) is 95.9 Å². The number of rotatable bonds is 4. The Labute approximate surface area is 180 Å². The molecule has 0 unspecified atom stereocenters. The zero-order valence-electron chi connectivity index (χ0n) is 18.2. The highest BCUT2D eigenvalue weighted by atomic mass is 15.2. The predicted molar refractivity (Wildman–Crippen MR) is 130 cm³/mol. The largest absolute Gasteiger partial charge is 0.397 e. The lowest BCUT2D eigenvalue weighted by Gasteiger charge is -2.25. The maximum absolute atomic E-state index is 6.20. The summed E-state index contributed by atoms with van der Waals surface area (Å²) in [4.78, 5) is 2.32. The molecule has 0 saturated carbocycles. The Balaban J connectivity index is 1.73. The summed E-state index contributed by atoms with van der Waals surface area (Å²) < 4.78 is 0. The van der Waals surface area contributed by atoms with E-state index in [1.165, 1.54) is 28.1 Å². The molecule has 0 radical (unpaired) electrons. The third-order valence-corrected chi connectivity index (χ3v) is 6.38. The molecule has 2 aromatic carbocycles. The van der Waals surface area contributed by atoms with Crippen molar-refractivity contribution in [1.82, 2.24) is 0 Å². The lowest BCUT2D eigenvalue weighted by Crippen LogP contribution is -2.22. The summed E-state index contributed by atoms with van der Waals surface area (Å²) in [5.74, 6) is 0. The van der Waals surface area contributed by atoms with Gasteiger partial charge in [0, 0.05) is 29.5 Å². The van der Waals surface area contributed by atoms with Gasteiger partial charge in [0.25, 0.3) is 0 Å². The Morgan fingerprint density at radius 3 is 2.50 bits per heavy atom. The lowest BCUT2D eigenvalue weighted by molar-refractivity contribution is 0.640. The molecule has 2 aliphatic rings. The van der Waals surface area contributed by atoms with Gasteiger partial charge in [-0.3, -0.25) is 0 Å². The van der Waals surface area contributed by atoms with Crippen molar-refractivity contribution in [2.45, 2.75) is 38.5 Å². The number of nitrogen functional groups attached to an aromatic ring is 1. The number of allylic oxidation sites excluding steroid dienone is 6. The SMILES string of the molecule is C=CC1=C(Nc2ccccc2N)/C(=C/C=C2/N(C)c3ccccc3C2(C)C)CCC1. The molecule has 0 amide bonds. The maximum atomic E-state index is 6.20. The Morgan fingerprint density at radius 1 is 1.03 bits per heavy atom. The fraction of sp³-hybridized carbons (Fsp3) is 0.259. The van der Waals surface area contributed by atoms with Crippen molar-refractivity contribution >= 4 is 17.1 Å². The number of para-hydroxylation sites is 3. The van der Waals surface area contributed by atoms with E-state index in [0.29, 0.717) is 0 Å². The molecule has 1 heterocycles. The number of hydrogen-bond acceptors (Lipinski definition) is 3. The third kappa shape index (κ3) is 3.45. The van der Waals surface area contributed by atoms with Crippen LogP contribution in [0.4, 0.5) is 17.1 Å². The molecule has 1 aliphatic carbocycles. The van der Waals surface area contributed by atoms with Crippen molar-refractivity contribution in [1.29, 1.82) is 0 Å². The van der Waals surface area contributed by atoms with E-state index in [1.807, 2.05) is 30.3 Å². The van der Waals surface area contributed by atoms with Crippen LogP contribution in [0.25, 0.3) is 0 Å². The van der Waals surface area contributed by atoms with Crippen molar-refractivity contribution in [2.75, 3.05) is 23.0 Å². The van der Waals surface area contributed by atoms with Crippen LogP contribution < -0.4 is 16.0 Å². The molecule has 0 spiro atoms. The van der Waals surface area contributed by atoms with E-state index in [4.69, 9.17) is 5.73 Å². The Hall–Kier alpha value is -3.20. The average molecular weight is 398 g/mol. The third-order valence-electron chi connectivity index (χ3n) is 6.38. The summed E-state index contributed by atoms with van der Waals surface area (Å²) in [6, 6.07) is 16.6. The van der Waals surface area contributed by atoms with E-state index in [1.54, 1.807) is 0 Å². The number of fused-ring (bicyclic) bond motifs is 1. The average Bonchev–Trinajstić information content (AvgIpc) is 2.94. The zero-order valence-corrected chi connectivity index (χ0v) is 18.2. The molecule has 3 nitrogen and oxygen atoms in total. The van der Waals surface area contributed by atoms with E-state index < -0.39 is 0 Å². The number of hydrogen-bond donors (Lipinski definition) is 2. The molecule has 0 aromatic heterocycles. The van der Waals surface area contributed by atoms with Gasteiger partial charge in [-0.15, -0.1) is 0 Å². The first-order chi connectivity index (χ1) is 14.4. The highest BCUT2D eigenvalue weighted by Crippen LogP contribution is 2.46. The number of nitrogens with one attached hydrogen (secondary N) is 1. The molecule has 30 heavy (non-hydrogen) atoms. The first-order valence-electron chi connectivity index (χ1n) is 10.7. The number of benzene rings is 2. The first-order valence-corrected chi connectivity index (χ1v) is 10.7. The van der Waals surface area contributed by atoms with Gasteiger partial charge in [0.15, 0.2) is 0 Å². The van der Waals surface area contributed by atoms with Crippen LogP contribution in [0, 0.1) is 0 Å². The molecule has 2 aromatic rings. The fourth-order valence-corrected chi connectivity index (χ4v) is 4.68. The molecular formula is C27H31N3. The van der Waals surface area contributed by atoms with E-state index in [0.717, 1.165) is 36.3 Å². The number of nitrogens with two attached hydrogens (primary N) is 1. The van der Waals surface area contributed by atoms with Gasteiger partial charge in [-0.05, 0) is 60.2 Å². The van der Waals surface area contributed by atoms with E-state index in [-0.39, 0.29) is 5.41 Å². The summed E-state index contributed by atoms with van der Waals surface area (Å²) in [7, 11) is 2.16. The molecule has 3 heteroatoms. The molecule has 0 atom stereocenters. The number of nitrogens with zero attached hydrogens (tertiary/aromatic N) is 1. The summed E-state index contributed by atoms with van der Waals surface area (Å²) in [6.07, 6.45) is 9.74. The maximum Gasteiger partial charge on any atom is 0.0618 e. The second kappa shape index (κ2) is 7.91. The van der Waals surface area contributed by atoms with Gasteiger partial charge in [-0.25, -0.2) is 0 Å². The standard InChI is InChI=1S/C27H31N3/c1-5-19-11-10-12-20(26(19)29-23-15-8-7-14-22(23)28)17-18-25-27(2,3)21-13-6-9-16-24(21)30(25)4/h5-9,13-18,29H,1,10-12,28H2,2-4H3/b20-17+,25-18+. The molecule has 0 fully saturated rings. The van der Waals surface area contributed by atoms with Crippen LogP contribution in [-0.4, -0.2) is 7.05 Å². The number of anilines is 3. The number of likely N-dealkylation sites (N-methyl/N-ethyl adjacent to an activating group) is 1. The smallest absolute Gasteiger partial charge is 0.0618 e. The second-order valence-corrected chi connectivity index (χ2v) is 8.62. The van der Waals surface area contributed by atoms with Gasteiger partial charge in [-0.2, -0.15) is 0 Å². The molecule has 154 valence electrons. The van der Waals surface area contributed by atoms with Crippen molar-refractivity contribution in [3.8, 4) is 0 Å². The van der Waals surface area contributed by atoms with Gasteiger partial charge in [0.05, 0.1) is 11.4 Å². The van der Waals surface area contributed by atoms with Gasteiger partial charge < -0.3 is 16.0 Å². The molecule has 4 rings (SSSR count). The molecule has 0 bridgehead atoms. The summed E-state index contributed by atoms with van der Waals surface area (Å²) in [5, 5.41) is 3.60. The minimum Gasteiger partial charge on any atom is -0.397 e. The van der Waals surface area contributed by atoms with Crippen molar-refractivity contribution in [3.63, 3.8) is 0 Å². The van der Waals surface area contributed by atoms with Crippen molar-refractivity contribution in [3.05, 3.63) is 101 Å². The van der Waals surface area contributed by atoms with Gasteiger partial charge in [0.1, 0.15) is 0 Å². The van der Waals surface area contributed by atoms with E-state index in [9.17, 15) is 0 Å². The highest BCUT2D eigenvalue weighted by molar-refractivity contribution is 5.72. The lowest BCUT2D eigenvalue weighted by atomic mass is 9.83. The molecule has 0 saturated heterocycles. The van der Waals surface area contributed by atoms with Crippen LogP contribution in [0.3, 0.4) is 0 Å². The van der Waals surface area contributed by atoms with Gasteiger partial charge in [0.2, 0.25) is 0 Å².